The molecule has 0 amide bonds. The van der Waals surface area contributed by atoms with Crippen molar-refractivity contribution in [3.05, 3.63) is 108 Å². The Morgan fingerprint density at radius 1 is 0.968 bits per heavy atom. The van der Waals surface area contributed by atoms with Crippen LogP contribution < -0.4 is 10.2 Å². The van der Waals surface area contributed by atoms with Crippen molar-refractivity contribution in [3.63, 3.8) is 0 Å². The number of nitrogens with zero attached hydrogens (tertiary/aromatic N) is 4. The van der Waals surface area contributed by atoms with E-state index in [0.717, 1.165) is 22.6 Å². The van der Waals surface area contributed by atoms with Gasteiger partial charge in [-0.3, -0.25) is 9.97 Å². The largest absolute Gasteiger partial charge is 0.508 e. The Labute approximate surface area is 185 Å². The van der Waals surface area contributed by atoms with Gasteiger partial charge in [-0.1, -0.05) is 12.1 Å². The molecule has 3 aromatic heterocycles. The molecule has 0 bridgehead atoms. The first-order valence-electron chi connectivity index (χ1n) is 10.0. The molecule has 1 aliphatic rings. The van der Waals surface area contributed by atoms with Crippen LogP contribution in [0, 0.1) is 0 Å². The summed E-state index contributed by atoms with van der Waals surface area (Å²) in [5.41, 5.74) is 4.07. The van der Waals surface area contributed by atoms with Crippen molar-refractivity contribution in [3.8, 4) is 5.75 Å². The molecule has 31 heavy (non-hydrogen) atoms. The summed E-state index contributed by atoms with van der Waals surface area (Å²) in [6.07, 6.45) is 7.54. The highest BCUT2D eigenvalue weighted by Gasteiger charge is 2.42. The molecule has 2 N–H and O–H groups in total. The van der Waals surface area contributed by atoms with Crippen molar-refractivity contribution >= 4 is 23.0 Å². The second-order valence-electron chi connectivity index (χ2n) is 7.44. The molecule has 4 heterocycles. The lowest BCUT2D eigenvalue weighted by Crippen LogP contribution is -2.30. The van der Waals surface area contributed by atoms with E-state index in [9.17, 15) is 5.11 Å². The van der Waals surface area contributed by atoms with Gasteiger partial charge in [-0.2, -0.15) is 0 Å². The second kappa shape index (κ2) is 8.20. The van der Waals surface area contributed by atoms with Crippen LogP contribution in [0.4, 0.5) is 5.69 Å². The van der Waals surface area contributed by atoms with Crippen LogP contribution in [0.1, 0.15) is 29.0 Å². The number of rotatable bonds is 5. The lowest BCUT2D eigenvalue weighted by molar-refractivity contribution is 0.475. The standard InChI is InChI=1S/C24H21N5OS/c30-19-10-8-18(9-11-19)29-23(22(27-24(29)31)20-6-1-2-13-26-20)21-7-4-14-28(21)16-17-5-3-12-25-15-17/h1-15,22-23,30H,16H2,(H,27,31)/t22-,23-/m1/s1. The Hall–Kier alpha value is -3.71. The van der Waals surface area contributed by atoms with Crippen molar-refractivity contribution in [1.29, 1.82) is 0 Å². The van der Waals surface area contributed by atoms with Crippen molar-refractivity contribution in [2.75, 3.05) is 4.90 Å². The third-order valence-electron chi connectivity index (χ3n) is 5.47. The zero-order valence-corrected chi connectivity index (χ0v) is 17.5. The third kappa shape index (κ3) is 3.75. The minimum absolute atomic E-state index is 0.112. The number of anilines is 1. The lowest BCUT2D eigenvalue weighted by atomic mass is 10.0. The zero-order chi connectivity index (χ0) is 21.2. The Morgan fingerprint density at radius 3 is 2.58 bits per heavy atom. The lowest BCUT2D eigenvalue weighted by Gasteiger charge is -2.29. The van der Waals surface area contributed by atoms with E-state index in [1.807, 2.05) is 42.6 Å². The van der Waals surface area contributed by atoms with Gasteiger partial charge in [-0.15, -0.1) is 0 Å². The maximum Gasteiger partial charge on any atom is 0.174 e. The number of hydrogen-bond donors (Lipinski definition) is 2. The van der Waals surface area contributed by atoms with Gasteiger partial charge in [0.15, 0.2) is 5.11 Å². The summed E-state index contributed by atoms with van der Waals surface area (Å²) in [5, 5.41) is 13.9. The van der Waals surface area contributed by atoms with Crippen molar-refractivity contribution in [2.45, 2.75) is 18.6 Å². The number of phenolic OH excluding ortho intramolecular Hbond substituents is 1. The molecule has 0 radical (unpaired) electrons. The van der Waals surface area contributed by atoms with Gasteiger partial charge in [0, 0.05) is 42.7 Å². The van der Waals surface area contributed by atoms with Gasteiger partial charge < -0.3 is 19.9 Å². The molecule has 2 atom stereocenters. The fourth-order valence-corrected chi connectivity index (χ4v) is 4.42. The van der Waals surface area contributed by atoms with E-state index in [4.69, 9.17) is 12.2 Å². The average Bonchev–Trinajstić information content (AvgIpc) is 3.39. The Morgan fingerprint density at radius 2 is 1.84 bits per heavy atom. The maximum atomic E-state index is 9.77. The molecule has 1 fully saturated rings. The fourth-order valence-electron chi connectivity index (χ4n) is 4.07. The number of thiocarbonyl (C=S) groups is 1. The molecule has 5 rings (SSSR count). The van der Waals surface area contributed by atoms with E-state index in [0.29, 0.717) is 11.7 Å². The molecule has 6 nitrogen and oxygen atoms in total. The summed E-state index contributed by atoms with van der Waals surface area (Å²) in [4.78, 5) is 11.0. The van der Waals surface area contributed by atoms with Crippen LogP contribution in [-0.4, -0.2) is 24.8 Å². The van der Waals surface area contributed by atoms with Crippen LogP contribution in [0.2, 0.25) is 0 Å². The predicted octanol–water partition coefficient (Wildman–Crippen LogP) is 4.21. The third-order valence-corrected chi connectivity index (χ3v) is 5.78. The number of hydrogen-bond acceptors (Lipinski definition) is 4. The van der Waals surface area contributed by atoms with Gasteiger partial charge in [0.1, 0.15) is 11.8 Å². The predicted molar refractivity (Wildman–Crippen MR) is 124 cm³/mol. The molecule has 1 aromatic carbocycles. The molecule has 0 spiro atoms. The molecule has 0 saturated carbocycles. The number of aromatic nitrogens is 3. The highest BCUT2D eigenvalue weighted by Crippen LogP contribution is 2.41. The molecular weight excluding hydrogens is 406 g/mol. The van der Waals surface area contributed by atoms with Crippen LogP contribution in [0.15, 0.2) is 91.5 Å². The fraction of sp³-hybridized carbons (Fsp3) is 0.125. The van der Waals surface area contributed by atoms with E-state index < -0.39 is 0 Å². The summed E-state index contributed by atoms with van der Waals surface area (Å²) in [7, 11) is 0. The van der Waals surface area contributed by atoms with Gasteiger partial charge in [0.2, 0.25) is 0 Å². The SMILES string of the molecule is Oc1ccc(N2C(=S)N[C@H](c3ccccn3)[C@H]2c2cccn2Cc2cccnc2)cc1. The van der Waals surface area contributed by atoms with Gasteiger partial charge in [0.05, 0.1) is 11.7 Å². The number of benzene rings is 1. The van der Waals surface area contributed by atoms with E-state index in [1.54, 1.807) is 24.5 Å². The Balaban J connectivity index is 1.60. The molecule has 7 heteroatoms. The Bertz CT molecular complexity index is 1180. The molecule has 4 aromatic rings. The molecule has 0 unspecified atom stereocenters. The molecule has 1 aliphatic heterocycles. The van der Waals surface area contributed by atoms with Gasteiger partial charge in [0.25, 0.3) is 0 Å². The summed E-state index contributed by atoms with van der Waals surface area (Å²) in [6.45, 7) is 0.706. The van der Waals surface area contributed by atoms with E-state index in [-0.39, 0.29) is 17.8 Å². The van der Waals surface area contributed by atoms with Gasteiger partial charge >= 0.3 is 0 Å². The van der Waals surface area contributed by atoms with E-state index in [2.05, 4.69) is 49.1 Å². The van der Waals surface area contributed by atoms with Crippen LogP contribution in [-0.2, 0) is 6.54 Å². The van der Waals surface area contributed by atoms with Crippen LogP contribution in [0.3, 0.4) is 0 Å². The van der Waals surface area contributed by atoms with Gasteiger partial charge in [-0.25, -0.2) is 0 Å². The first-order valence-corrected chi connectivity index (χ1v) is 10.4. The molecular formula is C24H21N5OS. The quantitative estimate of drug-likeness (QED) is 0.465. The first kappa shape index (κ1) is 19.3. The van der Waals surface area contributed by atoms with Crippen LogP contribution in [0.5, 0.6) is 5.75 Å². The molecule has 154 valence electrons. The monoisotopic (exact) mass is 427 g/mol. The maximum absolute atomic E-state index is 9.77. The second-order valence-corrected chi connectivity index (χ2v) is 7.82. The number of aromatic hydroxyl groups is 1. The smallest absolute Gasteiger partial charge is 0.174 e. The Kier molecular flexibility index (Phi) is 5.09. The minimum Gasteiger partial charge on any atom is -0.508 e. The molecule has 1 saturated heterocycles. The topological polar surface area (TPSA) is 66.2 Å². The zero-order valence-electron chi connectivity index (χ0n) is 16.7. The number of phenols is 1. The summed E-state index contributed by atoms with van der Waals surface area (Å²) < 4.78 is 2.22. The van der Waals surface area contributed by atoms with Crippen molar-refractivity contribution < 1.29 is 5.11 Å². The van der Waals surface area contributed by atoms with Crippen LogP contribution >= 0.6 is 12.2 Å². The molecule has 0 aliphatic carbocycles. The minimum atomic E-state index is -0.120. The van der Waals surface area contributed by atoms with Crippen LogP contribution in [0.25, 0.3) is 0 Å². The summed E-state index contributed by atoms with van der Waals surface area (Å²) in [6, 6.07) is 21.0. The number of pyridine rings is 2. The number of nitrogens with one attached hydrogen (secondary N) is 1. The average molecular weight is 428 g/mol. The van der Waals surface area contributed by atoms with E-state index >= 15 is 0 Å². The highest BCUT2D eigenvalue weighted by atomic mass is 32.1. The van der Waals surface area contributed by atoms with Gasteiger partial charge in [-0.05, 0) is 72.4 Å². The van der Waals surface area contributed by atoms with Crippen molar-refractivity contribution in [2.24, 2.45) is 0 Å². The first-order chi connectivity index (χ1) is 15.2. The van der Waals surface area contributed by atoms with Crippen molar-refractivity contribution in [1.82, 2.24) is 19.9 Å². The summed E-state index contributed by atoms with van der Waals surface area (Å²) >= 11 is 5.76. The highest BCUT2D eigenvalue weighted by molar-refractivity contribution is 7.80. The van der Waals surface area contributed by atoms with E-state index in [1.165, 1.54) is 0 Å². The summed E-state index contributed by atoms with van der Waals surface area (Å²) in [5.74, 6) is 0.222. The normalized spacial score (nSPS) is 18.2.